The molecule has 1 saturated heterocycles. The number of rotatable bonds is 1. The first-order valence-electron chi connectivity index (χ1n) is 5.31. The van der Waals surface area contributed by atoms with Crippen LogP contribution in [0, 0.1) is 0 Å². The van der Waals surface area contributed by atoms with E-state index in [1.807, 2.05) is 13.8 Å². The van der Waals surface area contributed by atoms with Gasteiger partial charge in [0, 0.05) is 11.6 Å². The fourth-order valence-electron chi connectivity index (χ4n) is 1.86. The van der Waals surface area contributed by atoms with Crippen LogP contribution in [0.1, 0.15) is 53.9 Å². The van der Waals surface area contributed by atoms with Crippen molar-refractivity contribution in [3.05, 3.63) is 0 Å². The molecule has 1 nitrogen and oxygen atoms in total. The van der Waals surface area contributed by atoms with Crippen LogP contribution in [0.2, 0.25) is 0 Å². The lowest BCUT2D eigenvalue weighted by molar-refractivity contribution is 0.166. The van der Waals surface area contributed by atoms with Crippen molar-refractivity contribution in [3.63, 3.8) is 0 Å². The largest absolute Gasteiger partial charge is 0.298 e. The Hall–Kier alpha value is -0.0400. The second-order valence-corrected chi connectivity index (χ2v) is 4.02. The van der Waals surface area contributed by atoms with Gasteiger partial charge in [0.15, 0.2) is 0 Å². The van der Waals surface area contributed by atoms with Gasteiger partial charge < -0.3 is 0 Å². The number of hydrogen-bond acceptors (Lipinski definition) is 1. The molecule has 0 spiro atoms. The van der Waals surface area contributed by atoms with E-state index < -0.39 is 0 Å². The number of nitrogens with zero attached hydrogens (tertiary/aromatic N) is 1. The van der Waals surface area contributed by atoms with Crippen LogP contribution in [-0.4, -0.2) is 23.5 Å². The van der Waals surface area contributed by atoms with Crippen LogP contribution in [0.4, 0.5) is 0 Å². The Labute approximate surface area is 78.1 Å². The van der Waals surface area contributed by atoms with E-state index in [9.17, 15) is 0 Å². The molecule has 12 heavy (non-hydrogen) atoms. The second kappa shape index (κ2) is 4.86. The summed E-state index contributed by atoms with van der Waals surface area (Å²) in [5.41, 5.74) is 0.459. The first-order valence-corrected chi connectivity index (χ1v) is 5.31. The Morgan fingerprint density at radius 2 is 1.83 bits per heavy atom. The molecule has 0 amide bonds. The topological polar surface area (TPSA) is 3.24 Å². The van der Waals surface area contributed by atoms with Gasteiger partial charge in [-0.15, -0.1) is 0 Å². The highest BCUT2D eigenvalue weighted by Crippen LogP contribution is 2.32. The fraction of sp³-hybridized carbons (Fsp3) is 1.00. The number of hydrogen-bond donors (Lipinski definition) is 0. The Morgan fingerprint density at radius 3 is 2.00 bits per heavy atom. The summed E-state index contributed by atoms with van der Waals surface area (Å²) in [5, 5.41) is 0. The summed E-state index contributed by atoms with van der Waals surface area (Å²) in [6, 6.07) is 0.843. The highest BCUT2D eigenvalue weighted by molar-refractivity contribution is 4.91. The molecule has 0 N–H and O–H groups in total. The molecule has 1 heteroatoms. The smallest absolute Gasteiger partial charge is 0.0153 e. The highest BCUT2D eigenvalue weighted by Gasteiger charge is 2.34. The lowest BCUT2D eigenvalue weighted by Gasteiger charge is -2.31. The van der Waals surface area contributed by atoms with E-state index >= 15 is 0 Å². The van der Waals surface area contributed by atoms with E-state index in [-0.39, 0.29) is 0 Å². The summed E-state index contributed by atoms with van der Waals surface area (Å²) >= 11 is 0. The lowest BCUT2D eigenvalue weighted by atomic mass is 10.0. The second-order valence-electron chi connectivity index (χ2n) is 4.02. The Balaban J connectivity index is 0.000000561. The molecule has 1 aliphatic rings. The Kier molecular flexibility index (Phi) is 4.84. The summed E-state index contributed by atoms with van der Waals surface area (Å²) in [7, 11) is 2.25. The van der Waals surface area contributed by atoms with Crippen molar-refractivity contribution in [3.8, 4) is 0 Å². The first kappa shape index (κ1) is 12.0. The van der Waals surface area contributed by atoms with E-state index in [1.165, 1.54) is 19.3 Å². The zero-order valence-corrected chi connectivity index (χ0v) is 9.65. The highest BCUT2D eigenvalue weighted by atomic mass is 15.2. The predicted octanol–water partition coefficient (Wildman–Crippen LogP) is 3.30. The van der Waals surface area contributed by atoms with Crippen molar-refractivity contribution in [2.24, 2.45) is 0 Å². The monoisotopic (exact) mass is 171 g/mol. The molecule has 0 aromatic carbocycles. The van der Waals surface area contributed by atoms with E-state index in [4.69, 9.17) is 0 Å². The maximum absolute atomic E-state index is 2.52. The third-order valence-corrected chi connectivity index (χ3v) is 3.06. The van der Waals surface area contributed by atoms with Gasteiger partial charge in [-0.3, -0.25) is 4.90 Å². The predicted molar refractivity (Wildman–Crippen MR) is 56.5 cm³/mol. The van der Waals surface area contributed by atoms with Crippen molar-refractivity contribution in [1.29, 1.82) is 0 Å². The van der Waals surface area contributed by atoms with E-state index in [1.54, 1.807) is 0 Å². The van der Waals surface area contributed by atoms with Crippen molar-refractivity contribution < 1.29 is 0 Å². The van der Waals surface area contributed by atoms with Gasteiger partial charge in [-0.25, -0.2) is 0 Å². The van der Waals surface area contributed by atoms with Gasteiger partial charge >= 0.3 is 0 Å². The summed E-state index contributed by atoms with van der Waals surface area (Å²) in [6.07, 6.45) is 4.06. The zero-order valence-electron chi connectivity index (χ0n) is 9.65. The minimum Gasteiger partial charge on any atom is -0.298 e. The van der Waals surface area contributed by atoms with Gasteiger partial charge in [0.05, 0.1) is 0 Å². The molecule has 74 valence electrons. The first-order chi connectivity index (χ1) is 5.58. The van der Waals surface area contributed by atoms with Crippen molar-refractivity contribution in [2.75, 3.05) is 7.05 Å². The fourth-order valence-corrected chi connectivity index (χ4v) is 1.86. The Bertz CT molecular complexity index is 118. The SMILES string of the molecule is CC.CCC1CCC(C)(C)N1C. The van der Waals surface area contributed by atoms with Gasteiger partial charge in [-0.1, -0.05) is 20.8 Å². The van der Waals surface area contributed by atoms with E-state index in [2.05, 4.69) is 32.7 Å². The maximum Gasteiger partial charge on any atom is 0.0153 e. The van der Waals surface area contributed by atoms with Crippen molar-refractivity contribution >= 4 is 0 Å². The molecule has 0 aliphatic carbocycles. The number of likely N-dealkylation sites (tertiary alicyclic amines) is 1. The van der Waals surface area contributed by atoms with Crippen LogP contribution in [-0.2, 0) is 0 Å². The summed E-state index contributed by atoms with van der Waals surface area (Å²) in [6.45, 7) is 11.0. The molecule has 0 saturated carbocycles. The molecule has 0 aromatic rings. The van der Waals surface area contributed by atoms with Crippen LogP contribution >= 0.6 is 0 Å². The van der Waals surface area contributed by atoms with Gasteiger partial charge in [0.25, 0.3) is 0 Å². The summed E-state index contributed by atoms with van der Waals surface area (Å²) < 4.78 is 0. The van der Waals surface area contributed by atoms with Crippen LogP contribution < -0.4 is 0 Å². The van der Waals surface area contributed by atoms with E-state index in [0.717, 1.165) is 6.04 Å². The normalized spacial score (nSPS) is 28.0. The van der Waals surface area contributed by atoms with Crippen LogP contribution in [0.5, 0.6) is 0 Å². The Morgan fingerprint density at radius 1 is 1.33 bits per heavy atom. The van der Waals surface area contributed by atoms with Crippen molar-refractivity contribution in [1.82, 2.24) is 4.90 Å². The minimum atomic E-state index is 0.459. The average molecular weight is 171 g/mol. The third-order valence-electron chi connectivity index (χ3n) is 3.06. The van der Waals surface area contributed by atoms with Crippen molar-refractivity contribution in [2.45, 2.75) is 65.5 Å². The van der Waals surface area contributed by atoms with Gasteiger partial charge in [-0.2, -0.15) is 0 Å². The molecule has 1 unspecified atom stereocenters. The molecular formula is C11H25N. The van der Waals surface area contributed by atoms with Crippen LogP contribution in [0.3, 0.4) is 0 Å². The lowest BCUT2D eigenvalue weighted by Crippen LogP contribution is -2.39. The van der Waals surface area contributed by atoms with E-state index in [0.29, 0.717) is 5.54 Å². The quantitative estimate of drug-likeness (QED) is 0.585. The molecule has 1 aliphatic heterocycles. The molecule has 1 rings (SSSR count). The summed E-state index contributed by atoms with van der Waals surface area (Å²) in [5.74, 6) is 0. The zero-order chi connectivity index (χ0) is 9.78. The molecular weight excluding hydrogens is 146 g/mol. The van der Waals surface area contributed by atoms with Crippen LogP contribution in [0.25, 0.3) is 0 Å². The molecule has 0 radical (unpaired) electrons. The maximum atomic E-state index is 2.52. The van der Waals surface area contributed by atoms with Gasteiger partial charge in [0.2, 0.25) is 0 Å². The van der Waals surface area contributed by atoms with Gasteiger partial charge in [-0.05, 0) is 40.2 Å². The molecule has 0 aromatic heterocycles. The standard InChI is InChI=1S/C9H19N.C2H6/c1-5-8-6-7-9(2,3)10(8)4;1-2/h8H,5-7H2,1-4H3;1-2H3. The van der Waals surface area contributed by atoms with Crippen LogP contribution in [0.15, 0.2) is 0 Å². The molecule has 1 atom stereocenters. The molecule has 1 fully saturated rings. The summed E-state index contributed by atoms with van der Waals surface area (Å²) in [4.78, 5) is 2.52. The molecule has 1 heterocycles. The molecule has 0 bridgehead atoms. The minimum absolute atomic E-state index is 0.459. The van der Waals surface area contributed by atoms with Gasteiger partial charge in [0.1, 0.15) is 0 Å². The average Bonchev–Trinajstić information content (AvgIpc) is 2.32. The third kappa shape index (κ3) is 2.48.